The molecule has 0 saturated heterocycles. The molecule has 1 aliphatic carbocycles. The van der Waals surface area contributed by atoms with Gasteiger partial charge in [0.05, 0.1) is 5.92 Å². The molecule has 92 valence electrons. The summed E-state index contributed by atoms with van der Waals surface area (Å²) in [6.07, 6.45) is 5.07. The lowest BCUT2D eigenvalue weighted by Gasteiger charge is -2.28. The Kier molecular flexibility index (Phi) is 4.42. The molecular weight excluding hydrogens is 327 g/mol. The Balaban J connectivity index is 2.05. The first-order valence-corrected chi connectivity index (χ1v) is 7.22. The van der Waals surface area contributed by atoms with Gasteiger partial charge in [-0.3, -0.25) is 4.79 Å². The van der Waals surface area contributed by atoms with Crippen molar-refractivity contribution in [2.24, 2.45) is 11.8 Å². The van der Waals surface area contributed by atoms with E-state index in [9.17, 15) is 9.90 Å². The molecule has 0 radical (unpaired) electrons. The van der Waals surface area contributed by atoms with Gasteiger partial charge in [-0.15, -0.1) is 0 Å². The van der Waals surface area contributed by atoms with Gasteiger partial charge in [-0.1, -0.05) is 25.0 Å². The standard InChI is InChI=1S/C14H17IO2/c15-12-7-5-10(6-8-12)9-11-3-1-2-4-13(11)14(16)17/h5-8,11,13H,1-4,9H2,(H,16,17). The second kappa shape index (κ2) is 5.85. The van der Waals surface area contributed by atoms with Crippen LogP contribution in [0.2, 0.25) is 0 Å². The first kappa shape index (κ1) is 12.9. The fraction of sp³-hybridized carbons (Fsp3) is 0.500. The molecule has 1 aliphatic rings. The van der Waals surface area contributed by atoms with Gasteiger partial charge in [0, 0.05) is 3.57 Å². The molecule has 1 aromatic carbocycles. The number of carbonyl (C=O) groups is 1. The average Bonchev–Trinajstić information content (AvgIpc) is 2.32. The largest absolute Gasteiger partial charge is 0.481 e. The third-order valence-corrected chi connectivity index (χ3v) is 4.36. The van der Waals surface area contributed by atoms with Crippen LogP contribution in [0.4, 0.5) is 0 Å². The van der Waals surface area contributed by atoms with Crippen LogP contribution in [0.15, 0.2) is 24.3 Å². The van der Waals surface area contributed by atoms with Crippen LogP contribution < -0.4 is 0 Å². The minimum atomic E-state index is -0.611. The van der Waals surface area contributed by atoms with Crippen LogP contribution in [-0.4, -0.2) is 11.1 Å². The van der Waals surface area contributed by atoms with Crippen molar-refractivity contribution < 1.29 is 9.90 Å². The van der Waals surface area contributed by atoms with E-state index in [2.05, 4.69) is 46.9 Å². The lowest BCUT2D eigenvalue weighted by Crippen LogP contribution is -2.28. The van der Waals surface area contributed by atoms with Crippen molar-refractivity contribution in [3.8, 4) is 0 Å². The van der Waals surface area contributed by atoms with Gasteiger partial charge in [0.15, 0.2) is 0 Å². The van der Waals surface area contributed by atoms with Crippen molar-refractivity contribution >= 4 is 28.6 Å². The number of carboxylic acid groups (broad SMARTS) is 1. The van der Waals surface area contributed by atoms with Gasteiger partial charge in [0.1, 0.15) is 0 Å². The van der Waals surface area contributed by atoms with E-state index in [1.165, 1.54) is 15.6 Å². The van der Waals surface area contributed by atoms with Crippen LogP contribution in [-0.2, 0) is 11.2 Å². The second-order valence-corrected chi connectivity index (χ2v) is 6.07. The van der Waals surface area contributed by atoms with Gasteiger partial charge in [-0.2, -0.15) is 0 Å². The van der Waals surface area contributed by atoms with E-state index in [1.54, 1.807) is 0 Å². The van der Waals surface area contributed by atoms with E-state index >= 15 is 0 Å². The van der Waals surface area contributed by atoms with Crippen molar-refractivity contribution in [1.29, 1.82) is 0 Å². The van der Waals surface area contributed by atoms with Crippen LogP contribution in [0.3, 0.4) is 0 Å². The predicted octanol–water partition coefficient (Wildman–Crippen LogP) is 3.72. The highest BCUT2D eigenvalue weighted by atomic mass is 127. The summed E-state index contributed by atoms with van der Waals surface area (Å²) < 4.78 is 1.23. The smallest absolute Gasteiger partial charge is 0.306 e. The molecule has 3 heteroatoms. The minimum Gasteiger partial charge on any atom is -0.481 e. The maximum atomic E-state index is 11.2. The van der Waals surface area contributed by atoms with E-state index < -0.39 is 5.97 Å². The summed E-state index contributed by atoms with van der Waals surface area (Å²) in [6.45, 7) is 0. The van der Waals surface area contributed by atoms with Crippen LogP contribution >= 0.6 is 22.6 Å². The third kappa shape index (κ3) is 3.44. The van der Waals surface area contributed by atoms with Crippen molar-refractivity contribution in [3.05, 3.63) is 33.4 Å². The molecule has 2 nitrogen and oxygen atoms in total. The van der Waals surface area contributed by atoms with Crippen molar-refractivity contribution in [2.45, 2.75) is 32.1 Å². The van der Waals surface area contributed by atoms with Gasteiger partial charge in [0.2, 0.25) is 0 Å². The summed E-state index contributed by atoms with van der Waals surface area (Å²) in [6, 6.07) is 8.42. The number of carboxylic acids is 1. The average molecular weight is 344 g/mol. The Labute approximate surface area is 116 Å². The summed E-state index contributed by atoms with van der Waals surface area (Å²) in [5.41, 5.74) is 1.27. The Morgan fingerprint density at radius 1 is 1.24 bits per heavy atom. The Hall–Kier alpha value is -0.580. The number of rotatable bonds is 3. The van der Waals surface area contributed by atoms with E-state index in [0.717, 1.165) is 25.7 Å². The normalized spacial score (nSPS) is 24.5. The number of hydrogen-bond donors (Lipinski definition) is 1. The molecule has 2 atom stereocenters. The molecular formula is C14H17IO2. The number of halogens is 1. The first-order valence-electron chi connectivity index (χ1n) is 6.14. The summed E-state index contributed by atoms with van der Waals surface area (Å²) in [5, 5.41) is 9.23. The fourth-order valence-corrected chi connectivity index (χ4v) is 3.06. The Morgan fingerprint density at radius 2 is 1.88 bits per heavy atom. The van der Waals surface area contributed by atoms with Crippen molar-refractivity contribution in [3.63, 3.8) is 0 Å². The molecule has 1 fully saturated rings. The van der Waals surface area contributed by atoms with E-state index in [-0.39, 0.29) is 5.92 Å². The van der Waals surface area contributed by atoms with Gasteiger partial charge < -0.3 is 5.11 Å². The van der Waals surface area contributed by atoms with Crippen LogP contribution in [0.25, 0.3) is 0 Å². The molecule has 17 heavy (non-hydrogen) atoms. The highest BCUT2D eigenvalue weighted by molar-refractivity contribution is 14.1. The van der Waals surface area contributed by atoms with Gasteiger partial charge in [0.25, 0.3) is 0 Å². The van der Waals surface area contributed by atoms with E-state index in [4.69, 9.17) is 0 Å². The maximum Gasteiger partial charge on any atom is 0.306 e. The Bertz CT molecular complexity index is 386. The summed E-state index contributed by atoms with van der Waals surface area (Å²) in [5.74, 6) is -0.426. The number of benzene rings is 1. The van der Waals surface area contributed by atoms with E-state index in [0.29, 0.717) is 5.92 Å². The van der Waals surface area contributed by atoms with Crippen molar-refractivity contribution in [2.75, 3.05) is 0 Å². The molecule has 2 rings (SSSR count). The van der Waals surface area contributed by atoms with Gasteiger partial charge in [-0.25, -0.2) is 0 Å². The highest BCUT2D eigenvalue weighted by Crippen LogP contribution is 2.32. The summed E-state index contributed by atoms with van der Waals surface area (Å²) >= 11 is 2.29. The number of aliphatic carboxylic acids is 1. The SMILES string of the molecule is O=C(O)C1CCCCC1Cc1ccc(I)cc1. The molecule has 0 aromatic heterocycles. The zero-order valence-electron chi connectivity index (χ0n) is 9.73. The molecule has 2 unspecified atom stereocenters. The topological polar surface area (TPSA) is 37.3 Å². The molecule has 0 amide bonds. The molecule has 0 heterocycles. The first-order chi connectivity index (χ1) is 8.16. The molecule has 0 aliphatic heterocycles. The van der Waals surface area contributed by atoms with Crippen molar-refractivity contribution in [1.82, 2.24) is 0 Å². The van der Waals surface area contributed by atoms with Gasteiger partial charge in [-0.05, 0) is 65.5 Å². The second-order valence-electron chi connectivity index (χ2n) is 4.82. The monoisotopic (exact) mass is 344 g/mol. The zero-order valence-corrected chi connectivity index (χ0v) is 11.9. The van der Waals surface area contributed by atoms with Crippen LogP contribution in [0.1, 0.15) is 31.2 Å². The summed E-state index contributed by atoms with van der Waals surface area (Å²) in [4.78, 5) is 11.2. The lowest BCUT2D eigenvalue weighted by molar-refractivity contribution is -0.144. The quantitative estimate of drug-likeness (QED) is 0.849. The fourth-order valence-electron chi connectivity index (χ4n) is 2.70. The van der Waals surface area contributed by atoms with Crippen LogP contribution in [0.5, 0.6) is 0 Å². The Morgan fingerprint density at radius 3 is 2.53 bits per heavy atom. The molecule has 1 aromatic rings. The minimum absolute atomic E-state index is 0.136. The third-order valence-electron chi connectivity index (χ3n) is 3.64. The van der Waals surface area contributed by atoms with Crippen LogP contribution in [0, 0.1) is 15.4 Å². The van der Waals surface area contributed by atoms with E-state index in [1.807, 2.05) is 0 Å². The molecule has 1 N–H and O–H groups in total. The number of hydrogen-bond acceptors (Lipinski definition) is 1. The molecule has 0 bridgehead atoms. The molecule has 1 saturated carbocycles. The molecule has 0 spiro atoms. The summed E-state index contributed by atoms with van der Waals surface area (Å²) in [7, 11) is 0. The predicted molar refractivity (Wildman–Crippen MR) is 75.9 cm³/mol. The van der Waals surface area contributed by atoms with Gasteiger partial charge >= 0.3 is 5.97 Å². The lowest BCUT2D eigenvalue weighted by atomic mass is 9.76. The maximum absolute atomic E-state index is 11.2. The highest BCUT2D eigenvalue weighted by Gasteiger charge is 2.30. The zero-order chi connectivity index (χ0) is 12.3.